The van der Waals surface area contributed by atoms with Gasteiger partial charge >= 0.3 is 0 Å². The predicted octanol–water partition coefficient (Wildman–Crippen LogP) is 3.25. The van der Waals surface area contributed by atoms with E-state index in [1.807, 2.05) is 4.90 Å². The van der Waals surface area contributed by atoms with Gasteiger partial charge in [-0.2, -0.15) is 0 Å². The smallest absolute Gasteiger partial charge is 0.223 e. The average Bonchev–Trinajstić information content (AvgIpc) is 2.46. The number of rotatable bonds is 5. The van der Waals surface area contributed by atoms with Crippen LogP contribution in [0.5, 0.6) is 0 Å². The van der Waals surface area contributed by atoms with Crippen LogP contribution in [0, 0.1) is 6.92 Å². The van der Waals surface area contributed by atoms with Gasteiger partial charge in [-0.3, -0.25) is 4.79 Å². The number of carbonyl (C=O) groups excluding carboxylic acids is 1. The number of carbonyl (C=O) groups is 1. The first-order valence-corrected chi connectivity index (χ1v) is 8.19. The summed E-state index contributed by atoms with van der Waals surface area (Å²) in [5.74, 6) is 0.292. The van der Waals surface area contributed by atoms with Crippen molar-refractivity contribution in [2.24, 2.45) is 0 Å². The van der Waals surface area contributed by atoms with E-state index in [9.17, 15) is 4.79 Å². The molecule has 2 rings (SSSR count). The van der Waals surface area contributed by atoms with Crippen LogP contribution in [0.2, 0.25) is 0 Å². The normalized spacial score (nSPS) is 15.4. The number of likely N-dealkylation sites (tertiary alicyclic amines) is 1. The maximum Gasteiger partial charge on any atom is 0.223 e. The lowest BCUT2D eigenvalue weighted by atomic mass is 10.1. The average molecular weight is 339 g/mol. The van der Waals surface area contributed by atoms with Gasteiger partial charge in [-0.05, 0) is 43.4 Å². The van der Waals surface area contributed by atoms with Gasteiger partial charge in [0.2, 0.25) is 5.91 Å². The third kappa shape index (κ3) is 4.60. The fourth-order valence-electron chi connectivity index (χ4n) is 2.52. The van der Waals surface area contributed by atoms with Crippen molar-refractivity contribution in [3.05, 3.63) is 33.8 Å². The van der Waals surface area contributed by atoms with Gasteiger partial charge < -0.3 is 10.2 Å². The summed E-state index contributed by atoms with van der Waals surface area (Å²) in [5, 5.41) is 3.35. The maximum atomic E-state index is 12.0. The van der Waals surface area contributed by atoms with E-state index in [2.05, 4.69) is 46.4 Å². The van der Waals surface area contributed by atoms with Gasteiger partial charge in [0, 0.05) is 37.1 Å². The van der Waals surface area contributed by atoms with E-state index in [1.54, 1.807) is 0 Å². The van der Waals surface area contributed by atoms with Crippen LogP contribution in [0.4, 0.5) is 0 Å². The third-order valence-electron chi connectivity index (χ3n) is 3.75. The van der Waals surface area contributed by atoms with Crippen LogP contribution in [0.15, 0.2) is 22.7 Å². The molecule has 4 heteroatoms. The topological polar surface area (TPSA) is 32.3 Å². The van der Waals surface area contributed by atoms with Crippen LogP contribution in [-0.4, -0.2) is 30.4 Å². The van der Waals surface area contributed by atoms with Gasteiger partial charge in [-0.15, -0.1) is 0 Å². The van der Waals surface area contributed by atoms with E-state index in [-0.39, 0.29) is 0 Å². The zero-order valence-corrected chi connectivity index (χ0v) is 13.7. The highest BCUT2D eigenvalue weighted by Gasteiger charge is 2.15. The van der Waals surface area contributed by atoms with E-state index in [4.69, 9.17) is 0 Å². The molecule has 1 aliphatic rings. The predicted molar refractivity (Wildman–Crippen MR) is 85.6 cm³/mol. The Morgan fingerprint density at radius 1 is 1.30 bits per heavy atom. The third-order valence-corrected chi connectivity index (χ3v) is 4.49. The number of nitrogens with one attached hydrogen (secondary N) is 1. The molecule has 3 nitrogen and oxygen atoms in total. The van der Waals surface area contributed by atoms with Crippen LogP contribution in [0.1, 0.15) is 36.8 Å². The van der Waals surface area contributed by atoms with Gasteiger partial charge in [-0.25, -0.2) is 0 Å². The summed E-state index contributed by atoms with van der Waals surface area (Å²) in [5.41, 5.74) is 2.49. The Hall–Kier alpha value is -0.870. The second-order valence-electron chi connectivity index (χ2n) is 5.46. The summed E-state index contributed by atoms with van der Waals surface area (Å²) in [6.07, 6.45) is 4.19. The number of nitrogens with zero attached hydrogens (tertiary/aromatic N) is 1. The zero-order valence-electron chi connectivity index (χ0n) is 12.1. The van der Waals surface area contributed by atoms with E-state index >= 15 is 0 Å². The number of hydrogen-bond donors (Lipinski definition) is 1. The van der Waals surface area contributed by atoms with Crippen LogP contribution in [-0.2, 0) is 11.3 Å². The van der Waals surface area contributed by atoms with Crippen LogP contribution in [0.3, 0.4) is 0 Å². The summed E-state index contributed by atoms with van der Waals surface area (Å²) >= 11 is 3.58. The molecule has 1 aromatic rings. The number of halogens is 1. The van der Waals surface area contributed by atoms with E-state index in [0.29, 0.717) is 12.3 Å². The minimum absolute atomic E-state index is 0.292. The van der Waals surface area contributed by atoms with Gasteiger partial charge in [0.1, 0.15) is 0 Å². The first kappa shape index (κ1) is 15.5. The molecule has 1 heterocycles. The first-order valence-electron chi connectivity index (χ1n) is 7.40. The second kappa shape index (κ2) is 7.79. The second-order valence-corrected chi connectivity index (χ2v) is 6.32. The summed E-state index contributed by atoms with van der Waals surface area (Å²) in [6, 6.07) is 6.36. The number of hydrogen-bond acceptors (Lipinski definition) is 2. The molecule has 1 fully saturated rings. The molecular weight excluding hydrogens is 316 g/mol. The fraction of sp³-hybridized carbons (Fsp3) is 0.562. The monoisotopic (exact) mass is 338 g/mol. The van der Waals surface area contributed by atoms with Crippen molar-refractivity contribution in [1.29, 1.82) is 0 Å². The van der Waals surface area contributed by atoms with Gasteiger partial charge in [-0.1, -0.05) is 28.1 Å². The zero-order chi connectivity index (χ0) is 14.4. The highest BCUT2D eigenvalue weighted by Crippen LogP contribution is 2.18. The molecule has 0 aliphatic carbocycles. The molecule has 1 amide bonds. The molecule has 20 heavy (non-hydrogen) atoms. The van der Waals surface area contributed by atoms with Crippen LogP contribution in [0.25, 0.3) is 0 Å². The lowest BCUT2D eigenvalue weighted by Gasteiger charge is -2.26. The molecule has 0 saturated carbocycles. The minimum atomic E-state index is 0.292. The number of piperidine rings is 1. The first-order chi connectivity index (χ1) is 9.66. The maximum absolute atomic E-state index is 12.0. The number of aryl methyl sites for hydroxylation is 1. The molecule has 1 aliphatic heterocycles. The Morgan fingerprint density at radius 3 is 2.75 bits per heavy atom. The van der Waals surface area contributed by atoms with Crippen molar-refractivity contribution in [3.8, 4) is 0 Å². The van der Waals surface area contributed by atoms with Crippen molar-refractivity contribution in [2.45, 2.75) is 39.2 Å². The molecule has 0 spiro atoms. The highest BCUT2D eigenvalue weighted by atomic mass is 79.9. The van der Waals surface area contributed by atoms with Crippen molar-refractivity contribution in [2.75, 3.05) is 19.6 Å². The van der Waals surface area contributed by atoms with E-state index < -0.39 is 0 Å². The number of amides is 1. The highest BCUT2D eigenvalue weighted by molar-refractivity contribution is 9.10. The molecular formula is C16H23BrN2O. The van der Waals surface area contributed by atoms with Gasteiger partial charge in [0.15, 0.2) is 0 Å². The Labute approximate surface area is 129 Å². The molecule has 1 N–H and O–H groups in total. The lowest BCUT2D eigenvalue weighted by molar-refractivity contribution is -0.131. The summed E-state index contributed by atoms with van der Waals surface area (Å²) in [6.45, 7) is 5.52. The molecule has 0 unspecified atom stereocenters. The molecule has 0 atom stereocenters. The largest absolute Gasteiger partial charge is 0.343 e. The molecule has 0 bridgehead atoms. The van der Waals surface area contributed by atoms with E-state index in [0.717, 1.165) is 43.5 Å². The quantitative estimate of drug-likeness (QED) is 0.836. The molecule has 110 valence electrons. The Morgan fingerprint density at radius 2 is 2.05 bits per heavy atom. The van der Waals surface area contributed by atoms with Crippen LogP contribution >= 0.6 is 15.9 Å². The van der Waals surface area contributed by atoms with Crippen molar-refractivity contribution in [3.63, 3.8) is 0 Å². The molecule has 1 saturated heterocycles. The van der Waals surface area contributed by atoms with Crippen molar-refractivity contribution >= 4 is 21.8 Å². The summed E-state index contributed by atoms with van der Waals surface area (Å²) in [4.78, 5) is 14.0. The van der Waals surface area contributed by atoms with Crippen molar-refractivity contribution < 1.29 is 4.79 Å². The summed E-state index contributed by atoms with van der Waals surface area (Å²) in [7, 11) is 0. The van der Waals surface area contributed by atoms with Gasteiger partial charge in [0.05, 0.1) is 0 Å². The SMILES string of the molecule is Cc1ccc(CNCCC(=O)N2CCCCC2)c(Br)c1. The molecule has 1 aromatic carbocycles. The van der Waals surface area contributed by atoms with E-state index in [1.165, 1.54) is 17.5 Å². The van der Waals surface area contributed by atoms with Gasteiger partial charge in [0.25, 0.3) is 0 Å². The number of benzene rings is 1. The molecule has 0 radical (unpaired) electrons. The molecule has 0 aromatic heterocycles. The van der Waals surface area contributed by atoms with Crippen LogP contribution < -0.4 is 5.32 Å². The standard InChI is InChI=1S/C16H23BrN2O/c1-13-5-6-14(15(17)11-13)12-18-8-7-16(20)19-9-3-2-4-10-19/h5-6,11,18H,2-4,7-10,12H2,1H3. The lowest BCUT2D eigenvalue weighted by Crippen LogP contribution is -2.37. The fourth-order valence-corrected chi connectivity index (χ4v) is 3.15. The Balaban J connectivity index is 1.69. The Bertz CT molecular complexity index is 456. The Kier molecular flexibility index (Phi) is 6.05. The summed E-state index contributed by atoms with van der Waals surface area (Å²) < 4.78 is 1.13. The minimum Gasteiger partial charge on any atom is -0.343 e. The van der Waals surface area contributed by atoms with Crippen molar-refractivity contribution in [1.82, 2.24) is 10.2 Å².